The Balaban J connectivity index is 0.00000134. The molecule has 0 aromatic heterocycles. The van der Waals surface area contributed by atoms with E-state index in [9.17, 15) is 5.11 Å². The molecule has 2 aromatic carbocycles. The number of aryl methyl sites for hydroxylation is 1. The van der Waals surface area contributed by atoms with Crippen LogP contribution in [0.3, 0.4) is 0 Å². The van der Waals surface area contributed by atoms with E-state index in [1.54, 1.807) is 0 Å². The van der Waals surface area contributed by atoms with Gasteiger partial charge in [-0.15, -0.1) is 0 Å². The first kappa shape index (κ1) is 23.4. The van der Waals surface area contributed by atoms with Crippen LogP contribution in [-0.2, 0) is 0 Å². The first-order valence-corrected chi connectivity index (χ1v) is 9.20. The molecular formula is C21H35NO3. The van der Waals surface area contributed by atoms with Gasteiger partial charge in [-0.05, 0) is 36.4 Å². The number of aliphatic hydroxyl groups is 2. The summed E-state index contributed by atoms with van der Waals surface area (Å²) in [5.41, 5.74) is 1.09. The molecule has 1 atom stereocenters. The maximum atomic E-state index is 9.96. The topological polar surface area (TPSA) is 52.9 Å². The summed E-state index contributed by atoms with van der Waals surface area (Å²) in [7, 11) is 1.86. The summed E-state index contributed by atoms with van der Waals surface area (Å²) in [5.74, 6) is 0.803. The van der Waals surface area contributed by atoms with Crippen molar-refractivity contribution in [2.24, 2.45) is 0 Å². The van der Waals surface area contributed by atoms with E-state index in [-0.39, 0.29) is 13.2 Å². The largest absolute Gasteiger partial charge is 0.491 e. The molecule has 2 rings (SSSR count). The zero-order valence-corrected chi connectivity index (χ0v) is 16.6. The van der Waals surface area contributed by atoms with Gasteiger partial charge in [-0.3, -0.25) is 0 Å². The van der Waals surface area contributed by atoms with Crippen LogP contribution in [0.5, 0.6) is 5.75 Å². The summed E-state index contributed by atoms with van der Waals surface area (Å²) in [6.45, 7) is 11.4. The van der Waals surface area contributed by atoms with E-state index in [1.807, 2.05) is 70.8 Å². The Morgan fingerprint density at radius 2 is 1.68 bits per heavy atom. The third kappa shape index (κ3) is 7.86. The van der Waals surface area contributed by atoms with Crippen molar-refractivity contribution in [3.05, 3.63) is 42.0 Å². The normalized spacial score (nSPS) is 11.2. The quantitative estimate of drug-likeness (QED) is 0.797. The van der Waals surface area contributed by atoms with Crippen LogP contribution < -0.4 is 4.74 Å². The zero-order chi connectivity index (χ0) is 19.2. The van der Waals surface area contributed by atoms with Crippen molar-refractivity contribution in [2.75, 3.05) is 33.4 Å². The predicted molar refractivity (Wildman–Crippen MR) is 107 cm³/mol. The molecule has 0 heterocycles. The van der Waals surface area contributed by atoms with Gasteiger partial charge in [0.1, 0.15) is 18.5 Å². The van der Waals surface area contributed by atoms with Crippen molar-refractivity contribution < 1.29 is 14.9 Å². The fourth-order valence-corrected chi connectivity index (χ4v) is 2.42. The molecule has 0 aliphatic heterocycles. The summed E-state index contributed by atoms with van der Waals surface area (Å²) >= 11 is 0. The summed E-state index contributed by atoms with van der Waals surface area (Å²) in [4.78, 5) is 1.88. The van der Waals surface area contributed by atoms with Crippen LogP contribution in [0, 0.1) is 6.92 Å². The first-order valence-electron chi connectivity index (χ1n) is 9.20. The number of aliphatic hydroxyl groups excluding tert-OH is 2. The molecule has 0 bridgehead atoms. The Labute approximate surface area is 153 Å². The number of likely N-dealkylation sites (N-methyl/N-ethyl adjacent to an activating group) is 1. The molecule has 1 unspecified atom stereocenters. The smallest absolute Gasteiger partial charge is 0.122 e. The number of nitrogens with zero attached hydrogens (tertiary/aromatic N) is 1. The van der Waals surface area contributed by atoms with Crippen molar-refractivity contribution in [1.82, 2.24) is 4.90 Å². The zero-order valence-electron chi connectivity index (χ0n) is 16.6. The lowest BCUT2D eigenvalue weighted by Gasteiger charge is -2.20. The molecule has 0 spiro atoms. The van der Waals surface area contributed by atoms with Gasteiger partial charge in [-0.2, -0.15) is 0 Å². The highest BCUT2D eigenvalue weighted by Crippen LogP contribution is 2.27. The van der Waals surface area contributed by atoms with Crippen LogP contribution in [0.25, 0.3) is 10.8 Å². The molecule has 4 heteroatoms. The fraction of sp³-hybridized carbons (Fsp3) is 0.524. The lowest BCUT2D eigenvalue weighted by Crippen LogP contribution is -2.34. The lowest BCUT2D eigenvalue weighted by molar-refractivity contribution is 0.0709. The minimum absolute atomic E-state index is 0.0911. The van der Waals surface area contributed by atoms with E-state index in [0.29, 0.717) is 13.1 Å². The van der Waals surface area contributed by atoms with Crippen molar-refractivity contribution in [1.29, 1.82) is 0 Å². The van der Waals surface area contributed by atoms with Gasteiger partial charge in [0, 0.05) is 13.1 Å². The monoisotopic (exact) mass is 349 g/mol. The van der Waals surface area contributed by atoms with Crippen LogP contribution in [0.15, 0.2) is 36.4 Å². The molecule has 142 valence electrons. The van der Waals surface area contributed by atoms with Crippen LogP contribution >= 0.6 is 0 Å². The van der Waals surface area contributed by atoms with Gasteiger partial charge in [-0.1, -0.05) is 58.0 Å². The van der Waals surface area contributed by atoms with Gasteiger partial charge >= 0.3 is 0 Å². The average Bonchev–Trinajstić information content (AvgIpc) is 2.65. The molecule has 0 saturated heterocycles. The van der Waals surface area contributed by atoms with Crippen LogP contribution in [-0.4, -0.2) is 54.6 Å². The van der Waals surface area contributed by atoms with E-state index in [1.165, 1.54) is 10.8 Å². The number of rotatable bonds is 7. The Morgan fingerprint density at radius 3 is 2.32 bits per heavy atom. The van der Waals surface area contributed by atoms with Gasteiger partial charge in [0.05, 0.1) is 6.61 Å². The third-order valence-corrected chi connectivity index (χ3v) is 3.58. The molecule has 0 amide bonds. The number of hydrogen-bond donors (Lipinski definition) is 2. The maximum Gasteiger partial charge on any atom is 0.122 e. The highest BCUT2D eigenvalue weighted by atomic mass is 16.5. The average molecular weight is 350 g/mol. The Bertz CT molecular complexity index is 586. The number of ether oxygens (including phenoxy) is 1. The Morgan fingerprint density at radius 1 is 1.04 bits per heavy atom. The molecule has 0 radical (unpaired) electrons. The summed E-state index contributed by atoms with van der Waals surface area (Å²) in [6.07, 6.45) is -0.576. The highest BCUT2D eigenvalue weighted by Gasteiger charge is 2.10. The molecule has 0 saturated carbocycles. The standard InChI is InChI=1S/C17H23NO3.2C2H6/c1-13-16-6-4-3-5-14(16)7-8-17(13)21-12-15(20)11-18(2)9-10-19;2*1-2/h3-8,15,19-20H,9-12H2,1-2H3;2*1-2H3. The Hall–Kier alpha value is -1.62. The van der Waals surface area contributed by atoms with Crippen LogP contribution in [0.2, 0.25) is 0 Å². The second-order valence-electron chi connectivity index (χ2n) is 5.36. The molecule has 25 heavy (non-hydrogen) atoms. The third-order valence-electron chi connectivity index (χ3n) is 3.58. The van der Waals surface area contributed by atoms with Gasteiger partial charge in [0.2, 0.25) is 0 Å². The van der Waals surface area contributed by atoms with E-state index >= 15 is 0 Å². The van der Waals surface area contributed by atoms with Gasteiger partial charge in [-0.25, -0.2) is 0 Å². The maximum absolute atomic E-state index is 9.96. The van der Waals surface area contributed by atoms with Crippen molar-refractivity contribution in [3.8, 4) is 5.75 Å². The molecule has 4 nitrogen and oxygen atoms in total. The molecule has 0 aliphatic rings. The Kier molecular flexibility index (Phi) is 12.8. The second kappa shape index (κ2) is 13.6. The highest BCUT2D eigenvalue weighted by molar-refractivity contribution is 5.87. The molecule has 0 aliphatic carbocycles. The van der Waals surface area contributed by atoms with Crippen molar-refractivity contribution >= 4 is 10.8 Å². The van der Waals surface area contributed by atoms with Crippen molar-refractivity contribution in [3.63, 3.8) is 0 Å². The minimum atomic E-state index is -0.576. The van der Waals surface area contributed by atoms with Crippen LogP contribution in [0.4, 0.5) is 0 Å². The minimum Gasteiger partial charge on any atom is -0.491 e. The second-order valence-corrected chi connectivity index (χ2v) is 5.36. The molecular weight excluding hydrogens is 314 g/mol. The van der Waals surface area contributed by atoms with E-state index in [2.05, 4.69) is 12.1 Å². The van der Waals surface area contributed by atoms with E-state index in [4.69, 9.17) is 9.84 Å². The van der Waals surface area contributed by atoms with Gasteiger partial charge in [0.15, 0.2) is 0 Å². The van der Waals surface area contributed by atoms with Gasteiger partial charge in [0.25, 0.3) is 0 Å². The summed E-state index contributed by atoms with van der Waals surface area (Å²) in [5, 5.41) is 21.2. The van der Waals surface area contributed by atoms with Crippen LogP contribution in [0.1, 0.15) is 33.3 Å². The summed E-state index contributed by atoms with van der Waals surface area (Å²) in [6, 6.07) is 12.2. The first-order chi connectivity index (χ1) is 12.1. The lowest BCUT2D eigenvalue weighted by atomic mass is 10.0. The van der Waals surface area contributed by atoms with E-state index < -0.39 is 6.10 Å². The number of fused-ring (bicyclic) bond motifs is 1. The molecule has 2 aromatic rings. The molecule has 0 fully saturated rings. The number of hydrogen-bond acceptors (Lipinski definition) is 4. The van der Waals surface area contributed by atoms with Gasteiger partial charge < -0.3 is 19.8 Å². The summed E-state index contributed by atoms with van der Waals surface area (Å²) < 4.78 is 5.75. The number of benzene rings is 2. The SMILES string of the molecule is CC.CC.Cc1c(OCC(O)CN(C)CCO)ccc2ccccc12. The predicted octanol–water partition coefficient (Wildman–Crippen LogP) is 3.86. The fourth-order valence-electron chi connectivity index (χ4n) is 2.42. The van der Waals surface area contributed by atoms with Crippen molar-refractivity contribution in [2.45, 2.75) is 40.7 Å². The van der Waals surface area contributed by atoms with E-state index in [0.717, 1.165) is 11.3 Å². The molecule has 2 N–H and O–H groups in total.